The summed E-state index contributed by atoms with van der Waals surface area (Å²) in [7, 11) is 1.60. The quantitative estimate of drug-likeness (QED) is 0.623. The van der Waals surface area contributed by atoms with Crippen LogP contribution in [0.5, 0.6) is 0 Å². The smallest absolute Gasteiger partial charge is 0.378 e. The van der Waals surface area contributed by atoms with Crippen molar-refractivity contribution in [3.63, 3.8) is 0 Å². The summed E-state index contributed by atoms with van der Waals surface area (Å²) in [5.74, 6) is 0. The van der Waals surface area contributed by atoms with E-state index < -0.39 is 11.7 Å². The molecule has 13 heavy (non-hydrogen) atoms. The second-order valence-corrected chi connectivity index (χ2v) is 3.05. The van der Waals surface area contributed by atoms with E-state index in [1.165, 1.54) is 4.90 Å². The second-order valence-electron chi connectivity index (χ2n) is 3.05. The normalized spacial score (nSPS) is 13.3. The average molecular weight is 193 g/mol. The highest BCUT2D eigenvalue weighted by Crippen LogP contribution is 2.26. The molecule has 0 bridgehead atoms. The van der Waals surface area contributed by atoms with Crippen LogP contribution in [0.15, 0.2) is 24.4 Å². The van der Waals surface area contributed by atoms with Gasteiger partial charge in [-0.05, 0) is 13.8 Å². The molecule has 0 unspecified atom stereocenters. The van der Waals surface area contributed by atoms with E-state index in [4.69, 9.17) is 0 Å². The summed E-state index contributed by atoms with van der Waals surface area (Å²) in [5, 5.41) is 0. The van der Waals surface area contributed by atoms with Crippen LogP contribution in [0, 0.1) is 0 Å². The Balaban J connectivity index is 4.67. The van der Waals surface area contributed by atoms with Crippen LogP contribution in [0.3, 0.4) is 0 Å². The molecule has 0 saturated heterocycles. The molecule has 0 N–H and O–H groups in total. The standard InChI is InChI=1S/C9H14F3N/c1-5-8(9(10,11)12)6-13(4)7(2)3/h5-7H,1H2,2-4H3/b8-6+. The van der Waals surface area contributed by atoms with Crippen molar-refractivity contribution in [1.29, 1.82) is 0 Å². The van der Waals surface area contributed by atoms with Crippen LogP contribution in [-0.4, -0.2) is 24.2 Å². The molecular weight excluding hydrogens is 179 g/mol. The summed E-state index contributed by atoms with van der Waals surface area (Å²) in [6.45, 7) is 6.75. The Morgan fingerprint density at radius 2 is 1.85 bits per heavy atom. The minimum Gasteiger partial charge on any atom is -0.378 e. The van der Waals surface area contributed by atoms with E-state index in [0.717, 1.165) is 12.3 Å². The van der Waals surface area contributed by atoms with Crippen molar-refractivity contribution in [2.75, 3.05) is 7.05 Å². The Morgan fingerprint density at radius 3 is 2.08 bits per heavy atom. The topological polar surface area (TPSA) is 3.24 Å². The number of nitrogens with zero attached hydrogens (tertiary/aromatic N) is 1. The molecule has 0 saturated carbocycles. The second kappa shape index (κ2) is 4.35. The van der Waals surface area contributed by atoms with Gasteiger partial charge in [-0.2, -0.15) is 13.2 Å². The summed E-state index contributed by atoms with van der Waals surface area (Å²) < 4.78 is 36.5. The lowest BCUT2D eigenvalue weighted by molar-refractivity contribution is -0.0892. The minimum absolute atomic E-state index is 0.0392. The molecule has 0 aromatic heterocycles. The zero-order valence-corrected chi connectivity index (χ0v) is 8.02. The lowest BCUT2D eigenvalue weighted by atomic mass is 10.2. The Morgan fingerprint density at radius 1 is 1.38 bits per heavy atom. The zero-order valence-electron chi connectivity index (χ0n) is 8.02. The highest BCUT2D eigenvalue weighted by atomic mass is 19.4. The molecule has 0 rings (SSSR count). The monoisotopic (exact) mass is 193 g/mol. The molecule has 0 heterocycles. The predicted molar refractivity (Wildman–Crippen MR) is 47.2 cm³/mol. The zero-order chi connectivity index (χ0) is 10.6. The summed E-state index contributed by atoms with van der Waals surface area (Å²) in [6, 6.07) is 0.0392. The Labute approximate surface area is 76.5 Å². The van der Waals surface area contributed by atoms with Crippen LogP contribution in [0.2, 0.25) is 0 Å². The van der Waals surface area contributed by atoms with Crippen LogP contribution in [0.25, 0.3) is 0 Å². The van der Waals surface area contributed by atoms with Crippen LogP contribution in [0.1, 0.15) is 13.8 Å². The van der Waals surface area contributed by atoms with Gasteiger partial charge in [0.05, 0.1) is 5.57 Å². The van der Waals surface area contributed by atoms with E-state index in [-0.39, 0.29) is 6.04 Å². The number of halogens is 3. The van der Waals surface area contributed by atoms with Gasteiger partial charge in [0.1, 0.15) is 0 Å². The molecule has 0 aromatic carbocycles. The molecule has 0 spiro atoms. The third-order valence-electron chi connectivity index (χ3n) is 1.70. The fourth-order valence-corrected chi connectivity index (χ4v) is 0.610. The Hall–Kier alpha value is -0.930. The molecule has 0 atom stereocenters. The molecule has 0 radical (unpaired) electrons. The van der Waals surface area contributed by atoms with Gasteiger partial charge in [0, 0.05) is 19.3 Å². The van der Waals surface area contributed by atoms with Crippen molar-refractivity contribution in [1.82, 2.24) is 4.90 Å². The van der Waals surface area contributed by atoms with Crippen molar-refractivity contribution in [2.45, 2.75) is 26.1 Å². The lowest BCUT2D eigenvalue weighted by Crippen LogP contribution is -2.23. The molecule has 1 nitrogen and oxygen atoms in total. The van der Waals surface area contributed by atoms with Gasteiger partial charge in [-0.3, -0.25) is 0 Å². The first kappa shape index (κ1) is 12.1. The third kappa shape index (κ3) is 4.01. The highest BCUT2D eigenvalue weighted by Gasteiger charge is 2.31. The van der Waals surface area contributed by atoms with Gasteiger partial charge in [0.2, 0.25) is 0 Å². The number of rotatable bonds is 3. The molecule has 0 amide bonds. The maximum Gasteiger partial charge on any atom is 0.417 e. The average Bonchev–Trinajstić information content (AvgIpc) is 1.96. The number of hydrogen-bond acceptors (Lipinski definition) is 1. The van der Waals surface area contributed by atoms with Gasteiger partial charge < -0.3 is 4.90 Å². The summed E-state index contributed by atoms with van der Waals surface area (Å²) in [6.07, 6.45) is -2.44. The largest absolute Gasteiger partial charge is 0.417 e. The molecule has 0 aliphatic rings. The van der Waals surface area contributed by atoms with E-state index in [0.29, 0.717) is 0 Å². The maximum atomic E-state index is 12.2. The number of hydrogen-bond donors (Lipinski definition) is 0. The van der Waals surface area contributed by atoms with Crippen LogP contribution in [0.4, 0.5) is 13.2 Å². The first-order valence-electron chi connectivity index (χ1n) is 3.92. The lowest BCUT2D eigenvalue weighted by Gasteiger charge is -2.20. The fourth-order valence-electron chi connectivity index (χ4n) is 0.610. The third-order valence-corrected chi connectivity index (χ3v) is 1.70. The van der Waals surface area contributed by atoms with E-state index in [9.17, 15) is 13.2 Å². The van der Waals surface area contributed by atoms with Gasteiger partial charge >= 0.3 is 6.18 Å². The Bertz CT molecular complexity index is 203. The predicted octanol–water partition coefficient (Wildman–Crippen LogP) is 2.96. The van der Waals surface area contributed by atoms with E-state index in [1.807, 2.05) is 13.8 Å². The first-order chi connectivity index (χ1) is 5.79. The fraction of sp³-hybridized carbons (Fsp3) is 0.556. The van der Waals surface area contributed by atoms with E-state index in [1.54, 1.807) is 7.05 Å². The first-order valence-corrected chi connectivity index (χ1v) is 3.92. The van der Waals surface area contributed by atoms with Crippen molar-refractivity contribution in [3.05, 3.63) is 24.4 Å². The number of allylic oxidation sites excluding steroid dienone is 2. The van der Waals surface area contributed by atoms with E-state index >= 15 is 0 Å². The molecule has 0 aliphatic carbocycles. The van der Waals surface area contributed by atoms with Crippen molar-refractivity contribution < 1.29 is 13.2 Å². The van der Waals surface area contributed by atoms with Crippen molar-refractivity contribution in [2.24, 2.45) is 0 Å². The minimum atomic E-state index is -4.31. The van der Waals surface area contributed by atoms with Crippen LogP contribution >= 0.6 is 0 Å². The SMILES string of the molecule is C=C/C(=C\N(C)C(C)C)C(F)(F)F. The molecule has 0 fully saturated rings. The molecule has 4 heteroatoms. The molecule has 0 aliphatic heterocycles. The van der Waals surface area contributed by atoms with E-state index in [2.05, 4.69) is 6.58 Å². The summed E-state index contributed by atoms with van der Waals surface area (Å²) in [4.78, 5) is 1.49. The van der Waals surface area contributed by atoms with Crippen LogP contribution < -0.4 is 0 Å². The number of alkyl halides is 3. The Kier molecular flexibility index (Phi) is 4.04. The van der Waals surface area contributed by atoms with Crippen molar-refractivity contribution >= 4 is 0 Å². The summed E-state index contributed by atoms with van der Waals surface area (Å²) >= 11 is 0. The van der Waals surface area contributed by atoms with Gasteiger partial charge in [-0.25, -0.2) is 0 Å². The highest BCUT2D eigenvalue weighted by molar-refractivity contribution is 5.21. The van der Waals surface area contributed by atoms with Gasteiger partial charge in [0.15, 0.2) is 0 Å². The molecule has 76 valence electrons. The molecular formula is C9H14F3N. The van der Waals surface area contributed by atoms with Crippen molar-refractivity contribution in [3.8, 4) is 0 Å². The van der Waals surface area contributed by atoms with Gasteiger partial charge in [-0.15, -0.1) is 0 Å². The summed E-state index contributed by atoms with van der Waals surface area (Å²) in [5.41, 5.74) is -0.719. The van der Waals surface area contributed by atoms with Gasteiger partial charge in [-0.1, -0.05) is 12.7 Å². The van der Waals surface area contributed by atoms with Crippen LogP contribution in [-0.2, 0) is 0 Å². The van der Waals surface area contributed by atoms with Gasteiger partial charge in [0.25, 0.3) is 0 Å². The molecule has 0 aromatic rings. The maximum absolute atomic E-state index is 12.2.